The van der Waals surface area contributed by atoms with E-state index in [1.165, 1.54) is 11.8 Å². The third kappa shape index (κ3) is 5.34. The zero-order valence-corrected chi connectivity index (χ0v) is 15.8. The fraction of sp³-hybridized carbons (Fsp3) is 0.211. The molecule has 0 fully saturated rings. The summed E-state index contributed by atoms with van der Waals surface area (Å²) in [5.74, 6) is 0.603. The van der Waals surface area contributed by atoms with E-state index in [1.807, 2.05) is 55.5 Å². The van der Waals surface area contributed by atoms with Crippen molar-refractivity contribution >= 4 is 29.3 Å². The molecule has 0 bridgehead atoms. The molecule has 3 rings (SSSR count). The lowest BCUT2D eigenvalue weighted by atomic mass is 10.1. The molecule has 1 amide bonds. The zero-order chi connectivity index (χ0) is 18.4. The number of thioether (sulfide) groups is 1. The van der Waals surface area contributed by atoms with Crippen LogP contribution < -0.4 is 5.32 Å². The summed E-state index contributed by atoms with van der Waals surface area (Å²) in [6.07, 6.45) is 0.731. The molecule has 134 valence electrons. The van der Waals surface area contributed by atoms with Gasteiger partial charge in [-0.3, -0.25) is 4.79 Å². The summed E-state index contributed by atoms with van der Waals surface area (Å²) < 4.78 is 5.59. The van der Waals surface area contributed by atoms with Gasteiger partial charge in [0, 0.05) is 17.1 Å². The lowest BCUT2D eigenvalue weighted by Gasteiger charge is -2.04. The fourth-order valence-corrected chi connectivity index (χ4v) is 3.10. The molecule has 0 aliphatic carbocycles. The van der Waals surface area contributed by atoms with E-state index in [9.17, 15) is 4.79 Å². The van der Waals surface area contributed by atoms with Crippen molar-refractivity contribution in [3.63, 3.8) is 0 Å². The van der Waals surface area contributed by atoms with Crippen LogP contribution in [0.4, 0.5) is 0 Å². The molecule has 0 aliphatic heterocycles. The van der Waals surface area contributed by atoms with E-state index >= 15 is 0 Å². The van der Waals surface area contributed by atoms with Gasteiger partial charge in [-0.15, -0.1) is 10.2 Å². The van der Waals surface area contributed by atoms with Gasteiger partial charge < -0.3 is 9.73 Å². The molecule has 1 heterocycles. The van der Waals surface area contributed by atoms with Crippen LogP contribution in [-0.2, 0) is 11.2 Å². The highest BCUT2D eigenvalue weighted by atomic mass is 35.5. The SMILES string of the molecule is Cc1ccc(-c2nnc(SCC(=O)NCCc3cccc(Cl)c3)o2)cc1. The van der Waals surface area contributed by atoms with Gasteiger partial charge in [0.1, 0.15) is 0 Å². The number of amides is 1. The summed E-state index contributed by atoms with van der Waals surface area (Å²) in [4.78, 5) is 11.9. The maximum absolute atomic E-state index is 11.9. The number of hydrogen-bond donors (Lipinski definition) is 1. The van der Waals surface area contributed by atoms with Crippen LogP contribution in [0.15, 0.2) is 58.2 Å². The van der Waals surface area contributed by atoms with E-state index in [0.29, 0.717) is 22.7 Å². The van der Waals surface area contributed by atoms with Crippen LogP contribution in [0.5, 0.6) is 0 Å². The highest BCUT2D eigenvalue weighted by Crippen LogP contribution is 2.23. The van der Waals surface area contributed by atoms with Crippen LogP contribution in [0.1, 0.15) is 11.1 Å². The minimum atomic E-state index is -0.0767. The van der Waals surface area contributed by atoms with Crippen LogP contribution in [0.25, 0.3) is 11.5 Å². The van der Waals surface area contributed by atoms with Crippen LogP contribution in [-0.4, -0.2) is 28.4 Å². The summed E-state index contributed by atoms with van der Waals surface area (Å²) in [5.41, 5.74) is 3.11. The molecule has 0 atom stereocenters. The number of nitrogens with one attached hydrogen (secondary N) is 1. The highest BCUT2D eigenvalue weighted by Gasteiger charge is 2.11. The molecular formula is C19H18ClN3O2S. The summed E-state index contributed by atoms with van der Waals surface area (Å²) in [6, 6.07) is 15.4. The molecule has 5 nitrogen and oxygen atoms in total. The number of rotatable bonds is 7. The maximum Gasteiger partial charge on any atom is 0.277 e. The Kier molecular flexibility index (Phi) is 6.30. The van der Waals surface area contributed by atoms with E-state index in [0.717, 1.165) is 23.1 Å². The number of benzene rings is 2. The van der Waals surface area contributed by atoms with Crippen molar-refractivity contribution < 1.29 is 9.21 Å². The lowest BCUT2D eigenvalue weighted by molar-refractivity contribution is -0.118. The Morgan fingerprint density at radius 1 is 1.19 bits per heavy atom. The van der Waals surface area contributed by atoms with Crippen molar-refractivity contribution in [3.8, 4) is 11.5 Å². The number of halogens is 1. The first-order valence-corrected chi connectivity index (χ1v) is 9.51. The first-order chi connectivity index (χ1) is 12.6. The third-order valence-corrected chi connectivity index (χ3v) is 4.71. The monoisotopic (exact) mass is 387 g/mol. The first kappa shape index (κ1) is 18.5. The van der Waals surface area contributed by atoms with Gasteiger partial charge in [0.15, 0.2) is 0 Å². The van der Waals surface area contributed by atoms with Crippen molar-refractivity contribution in [3.05, 3.63) is 64.7 Å². The molecule has 0 aliphatic rings. The zero-order valence-electron chi connectivity index (χ0n) is 14.2. The molecule has 26 heavy (non-hydrogen) atoms. The van der Waals surface area contributed by atoms with E-state index in [-0.39, 0.29) is 11.7 Å². The van der Waals surface area contributed by atoms with Crippen molar-refractivity contribution in [1.29, 1.82) is 0 Å². The van der Waals surface area contributed by atoms with Gasteiger partial charge >= 0.3 is 0 Å². The second-order valence-electron chi connectivity index (χ2n) is 5.76. The molecule has 2 aromatic carbocycles. The molecule has 7 heteroatoms. The van der Waals surface area contributed by atoms with Crippen molar-refractivity contribution in [2.24, 2.45) is 0 Å². The molecule has 1 N–H and O–H groups in total. The Labute approximate surface area is 161 Å². The van der Waals surface area contributed by atoms with Crippen molar-refractivity contribution in [2.75, 3.05) is 12.3 Å². The Balaban J connectivity index is 1.44. The molecule has 3 aromatic rings. The Morgan fingerprint density at radius 3 is 2.77 bits per heavy atom. The second-order valence-corrected chi connectivity index (χ2v) is 7.12. The number of aromatic nitrogens is 2. The Morgan fingerprint density at radius 2 is 2.00 bits per heavy atom. The largest absolute Gasteiger partial charge is 0.411 e. The standard InChI is InChI=1S/C19H18ClN3O2S/c1-13-5-7-15(8-6-13)18-22-23-19(25-18)26-12-17(24)21-10-9-14-3-2-4-16(20)11-14/h2-8,11H,9-10,12H2,1H3,(H,21,24). The van der Waals surface area contributed by atoms with Gasteiger partial charge in [-0.05, 0) is 43.2 Å². The van der Waals surface area contributed by atoms with Gasteiger partial charge in [0.25, 0.3) is 5.22 Å². The molecule has 0 saturated heterocycles. The Bertz CT molecular complexity index is 881. The molecular weight excluding hydrogens is 370 g/mol. The van der Waals surface area contributed by atoms with Gasteiger partial charge in [0.05, 0.1) is 5.75 Å². The average Bonchev–Trinajstić information content (AvgIpc) is 3.10. The van der Waals surface area contributed by atoms with Crippen molar-refractivity contribution in [1.82, 2.24) is 15.5 Å². The average molecular weight is 388 g/mol. The second kappa shape index (κ2) is 8.87. The van der Waals surface area contributed by atoms with Gasteiger partial charge in [-0.1, -0.05) is 53.2 Å². The minimum Gasteiger partial charge on any atom is -0.411 e. The Hall–Kier alpha value is -2.31. The predicted octanol–water partition coefficient (Wildman–Crippen LogP) is 4.15. The fourth-order valence-electron chi connectivity index (χ4n) is 2.30. The van der Waals surface area contributed by atoms with E-state index in [2.05, 4.69) is 15.5 Å². The van der Waals surface area contributed by atoms with Crippen LogP contribution in [0.3, 0.4) is 0 Å². The lowest BCUT2D eigenvalue weighted by Crippen LogP contribution is -2.27. The maximum atomic E-state index is 11.9. The smallest absolute Gasteiger partial charge is 0.277 e. The number of carbonyl (C=O) groups is 1. The predicted molar refractivity (Wildman–Crippen MR) is 103 cm³/mol. The van der Waals surface area contributed by atoms with Crippen molar-refractivity contribution in [2.45, 2.75) is 18.6 Å². The molecule has 1 aromatic heterocycles. The summed E-state index contributed by atoms with van der Waals surface area (Å²) in [5, 5.41) is 12.0. The van der Waals surface area contributed by atoms with Gasteiger partial charge in [0.2, 0.25) is 11.8 Å². The van der Waals surface area contributed by atoms with E-state index in [1.54, 1.807) is 0 Å². The molecule has 0 unspecified atom stereocenters. The van der Waals surface area contributed by atoms with Crippen LogP contribution in [0, 0.1) is 6.92 Å². The van der Waals surface area contributed by atoms with Gasteiger partial charge in [-0.25, -0.2) is 0 Å². The normalized spacial score (nSPS) is 10.7. The number of carbonyl (C=O) groups excluding carboxylic acids is 1. The minimum absolute atomic E-state index is 0.0767. The summed E-state index contributed by atoms with van der Waals surface area (Å²) >= 11 is 7.17. The topological polar surface area (TPSA) is 68.0 Å². The molecule has 0 saturated carbocycles. The van der Waals surface area contributed by atoms with Gasteiger partial charge in [-0.2, -0.15) is 0 Å². The third-order valence-electron chi connectivity index (χ3n) is 3.66. The van der Waals surface area contributed by atoms with E-state index in [4.69, 9.17) is 16.0 Å². The highest BCUT2D eigenvalue weighted by molar-refractivity contribution is 7.99. The number of nitrogens with zero attached hydrogens (tertiary/aromatic N) is 2. The molecule has 0 spiro atoms. The first-order valence-electron chi connectivity index (χ1n) is 8.14. The van der Waals surface area contributed by atoms with Crippen LogP contribution >= 0.6 is 23.4 Å². The summed E-state index contributed by atoms with van der Waals surface area (Å²) in [6.45, 7) is 2.57. The number of aryl methyl sites for hydroxylation is 1. The van der Waals surface area contributed by atoms with Crippen LogP contribution in [0.2, 0.25) is 5.02 Å². The summed E-state index contributed by atoms with van der Waals surface area (Å²) in [7, 11) is 0. The quantitative estimate of drug-likeness (QED) is 0.617. The van der Waals surface area contributed by atoms with E-state index < -0.39 is 0 Å². The molecule has 0 radical (unpaired) electrons. The number of hydrogen-bond acceptors (Lipinski definition) is 5.